The van der Waals surface area contributed by atoms with Gasteiger partial charge in [0.2, 0.25) is 5.91 Å². The molecule has 0 spiro atoms. The molecule has 0 aromatic heterocycles. The quantitative estimate of drug-likeness (QED) is 0.894. The van der Waals surface area contributed by atoms with E-state index in [2.05, 4.69) is 26.6 Å². The Hall–Kier alpha value is -1.81. The van der Waals surface area contributed by atoms with Gasteiger partial charge in [-0.2, -0.15) is 0 Å². The van der Waals surface area contributed by atoms with Crippen molar-refractivity contribution in [3.05, 3.63) is 53.0 Å². The van der Waals surface area contributed by atoms with Crippen LogP contribution in [0.25, 0.3) is 0 Å². The molecule has 0 bridgehead atoms. The molecule has 0 atom stereocenters. The van der Waals surface area contributed by atoms with Gasteiger partial charge in [-0.25, -0.2) is 0 Å². The summed E-state index contributed by atoms with van der Waals surface area (Å²) in [5.41, 5.74) is 2.61. The van der Waals surface area contributed by atoms with Gasteiger partial charge in [0.05, 0.1) is 11.4 Å². The Bertz CT molecular complexity index is 552. The zero-order valence-electron chi connectivity index (χ0n) is 9.91. The third-order valence-electron chi connectivity index (χ3n) is 2.36. The Labute approximate surface area is 114 Å². The largest absolute Gasteiger partial charge is 0.354 e. The summed E-state index contributed by atoms with van der Waals surface area (Å²) >= 11 is 3.39. The van der Waals surface area contributed by atoms with E-state index in [1.165, 1.54) is 6.92 Å². The second kappa shape index (κ2) is 5.69. The number of para-hydroxylation sites is 2. The molecule has 1 amide bonds. The van der Waals surface area contributed by atoms with E-state index in [9.17, 15) is 4.79 Å². The molecule has 2 N–H and O–H groups in total. The first kappa shape index (κ1) is 12.6. The van der Waals surface area contributed by atoms with Gasteiger partial charge in [0.15, 0.2) is 0 Å². The van der Waals surface area contributed by atoms with Crippen molar-refractivity contribution >= 4 is 38.9 Å². The van der Waals surface area contributed by atoms with Gasteiger partial charge in [0, 0.05) is 17.1 Å². The summed E-state index contributed by atoms with van der Waals surface area (Å²) in [5, 5.41) is 6.06. The standard InChI is InChI=1S/C14H13BrN2O/c1-10(18)16-13-4-2-3-5-14(13)17-12-8-6-11(15)7-9-12/h2-9,17H,1H3,(H,16,18). The zero-order chi connectivity index (χ0) is 13.0. The lowest BCUT2D eigenvalue weighted by molar-refractivity contribution is -0.114. The highest BCUT2D eigenvalue weighted by molar-refractivity contribution is 9.10. The minimum absolute atomic E-state index is 0.0833. The Morgan fingerprint density at radius 2 is 1.61 bits per heavy atom. The van der Waals surface area contributed by atoms with Crippen LogP contribution < -0.4 is 10.6 Å². The number of amides is 1. The van der Waals surface area contributed by atoms with Gasteiger partial charge in [-0.1, -0.05) is 28.1 Å². The fourth-order valence-electron chi connectivity index (χ4n) is 1.58. The monoisotopic (exact) mass is 304 g/mol. The molecule has 0 heterocycles. The van der Waals surface area contributed by atoms with Crippen molar-refractivity contribution in [3.63, 3.8) is 0 Å². The van der Waals surface area contributed by atoms with Gasteiger partial charge in [-0.05, 0) is 36.4 Å². The van der Waals surface area contributed by atoms with Crippen molar-refractivity contribution in [1.82, 2.24) is 0 Å². The second-order valence-corrected chi connectivity index (χ2v) is 4.77. The van der Waals surface area contributed by atoms with Crippen molar-refractivity contribution < 1.29 is 4.79 Å². The normalized spacial score (nSPS) is 9.89. The molecule has 18 heavy (non-hydrogen) atoms. The molecule has 0 saturated heterocycles. The molecule has 2 rings (SSSR count). The highest BCUT2D eigenvalue weighted by Crippen LogP contribution is 2.25. The van der Waals surface area contributed by atoms with Crippen LogP contribution in [-0.2, 0) is 4.79 Å². The summed E-state index contributed by atoms with van der Waals surface area (Å²) in [5.74, 6) is -0.0833. The second-order valence-electron chi connectivity index (χ2n) is 3.86. The van der Waals surface area contributed by atoms with Crippen molar-refractivity contribution in [3.8, 4) is 0 Å². The lowest BCUT2D eigenvalue weighted by atomic mass is 10.2. The zero-order valence-corrected chi connectivity index (χ0v) is 11.5. The number of carbonyl (C=O) groups excluding carboxylic acids is 1. The Morgan fingerprint density at radius 3 is 2.22 bits per heavy atom. The van der Waals surface area contributed by atoms with Gasteiger partial charge in [0.1, 0.15) is 0 Å². The van der Waals surface area contributed by atoms with Crippen molar-refractivity contribution in [1.29, 1.82) is 0 Å². The van der Waals surface area contributed by atoms with E-state index in [-0.39, 0.29) is 5.91 Å². The summed E-state index contributed by atoms with van der Waals surface area (Å²) in [6.45, 7) is 1.50. The van der Waals surface area contributed by atoms with Gasteiger partial charge < -0.3 is 10.6 Å². The average Bonchev–Trinajstić information content (AvgIpc) is 2.34. The first-order chi connectivity index (χ1) is 8.65. The lowest BCUT2D eigenvalue weighted by Crippen LogP contribution is -2.07. The molecule has 0 aliphatic rings. The first-order valence-corrected chi connectivity index (χ1v) is 6.33. The summed E-state index contributed by atoms with van der Waals surface area (Å²) in [6, 6.07) is 15.5. The number of hydrogen-bond donors (Lipinski definition) is 2. The third kappa shape index (κ3) is 3.34. The number of carbonyl (C=O) groups is 1. The summed E-state index contributed by atoms with van der Waals surface area (Å²) in [7, 11) is 0. The van der Waals surface area contributed by atoms with Gasteiger partial charge in [-0.3, -0.25) is 4.79 Å². The number of hydrogen-bond acceptors (Lipinski definition) is 2. The van der Waals surface area contributed by atoms with E-state index < -0.39 is 0 Å². The number of rotatable bonds is 3. The molecule has 0 radical (unpaired) electrons. The Kier molecular flexibility index (Phi) is 3.99. The van der Waals surface area contributed by atoms with Crippen molar-refractivity contribution in [2.45, 2.75) is 6.92 Å². The van der Waals surface area contributed by atoms with E-state index in [1.54, 1.807) is 0 Å². The number of nitrogens with one attached hydrogen (secondary N) is 2. The van der Waals surface area contributed by atoms with Crippen LogP contribution in [0.4, 0.5) is 17.1 Å². The van der Waals surface area contributed by atoms with E-state index >= 15 is 0 Å². The maximum absolute atomic E-state index is 11.1. The molecule has 0 fully saturated rings. The van der Waals surface area contributed by atoms with Gasteiger partial charge >= 0.3 is 0 Å². The fraction of sp³-hybridized carbons (Fsp3) is 0.0714. The summed E-state index contributed by atoms with van der Waals surface area (Å²) in [6.07, 6.45) is 0. The Balaban J connectivity index is 2.23. The third-order valence-corrected chi connectivity index (χ3v) is 2.89. The van der Waals surface area contributed by atoms with E-state index in [4.69, 9.17) is 0 Å². The molecule has 2 aromatic rings. The lowest BCUT2D eigenvalue weighted by Gasteiger charge is -2.12. The molecular formula is C14H13BrN2O. The predicted octanol–water partition coefficient (Wildman–Crippen LogP) is 4.15. The van der Waals surface area contributed by atoms with Crippen LogP contribution in [0.15, 0.2) is 53.0 Å². The van der Waals surface area contributed by atoms with Crippen molar-refractivity contribution in [2.24, 2.45) is 0 Å². The SMILES string of the molecule is CC(=O)Nc1ccccc1Nc1ccc(Br)cc1. The maximum Gasteiger partial charge on any atom is 0.221 e. The fourth-order valence-corrected chi connectivity index (χ4v) is 1.84. The molecule has 2 aromatic carbocycles. The molecule has 92 valence electrons. The van der Waals surface area contributed by atoms with Crippen LogP contribution in [0.1, 0.15) is 6.92 Å². The number of anilines is 3. The highest BCUT2D eigenvalue weighted by atomic mass is 79.9. The number of benzene rings is 2. The minimum atomic E-state index is -0.0833. The number of halogens is 1. The molecular weight excluding hydrogens is 292 g/mol. The van der Waals surface area contributed by atoms with Crippen LogP contribution >= 0.6 is 15.9 Å². The summed E-state index contributed by atoms with van der Waals surface area (Å²) in [4.78, 5) is 11.1. The highest BCUT2D eigenvalue weighted by Gasteiger charge is 2.03. The molecule has 4 heteroatoms. The van der Waals surface area contributed by atoms with E-state index in [1.807, 2.05) is 48.5 Å². The maximum atomic E-state index is 11.1. The van der Waals surface area contributed by atoms with Crippen LogP contribution in [0.5, 0.6) is 0 Å². The first-order valence-electron chi connectivity index (χ1n) is 5.54. The Morgan fingerprint density at radius 1 is 1.00 bits per heavy atom. The molecule has 0 saturated carbocycles. The molecule has 0 aliphatic carbocycles. The molecule has 0 unspecified atom stereocenters. The van der Waals surface area contributed by atoms with Gasteiger partial charge in [-0.15, -0.1) is 0 Å². The van der Waals surface area contributed by atoms with Crippen LogP contribution in [0.2, 0.25) is 0 Å². The topological polar surface area (TPSA) is 41.1 Å². The summed E-state index contributed by atoms with van der Waals surface area (Å²) < 4.78 is 1.03. The van der Waals surface area contributed by atoms with E-state index in [0.29, 0.717) is 0 Å². The smallest absolute Gasteiger partial charge is 0.221 e. The van der Waals surface area contributed by atoms with Gasteiger partial charge in [0.25, 0.3) is 0 Å². The van der Waals surface area contributed by atoms with E-state index in [0.717, 1.165) is 21.5 Å². The minimum Gasteiger partial charge on any atom is -0.354 e. The molecule has 0 aliphatic heterocycles. The van der Waals surface area contributed by atoms with Crippen molar-refractivity contribution in [2.75, 3.05) is 10.6 Å². The average molecular weight is 305 g/mol. The van der Waals surface area contributed by atoms with Crippen LogP contribution in [-0.4, -0.2) is 5.91 Å². The van der Waals surface area contributed by atoms with Crippen LogP contribution in [0.3, 0.4) is 0 Å². The molecule has 3 nitrogen and oxygen atoms in total. The van der Waals surface area contributed by atoms with Crippen LogP contribution in [0, 0.1) is 0 Å². The predicted molar refractivity (Wildman–Crippen MR) is 78.2 cm³/mol.